The lowest BCUT2D eigenvalue weighted by molar-refractivity contribution is -0.0252. The summed E-state index contributed by atoms with van der Waals surface area (Å²) >= 11 is 0. The number of nitrogens with zero attached hydrogens (tertiary/aromatic N) is 4. The predicted molar refractivity (Wildman–Crippen MR) is 126 cm³/mol. The molecule has 0 bridgehead atoms. The third-order valence-corrected chi connectivity index (χ3v) is 6.51. The highest BCUT2D eigenvalue weighted by atomic mass is 32.2. The molecule has 0 saturated carbocycles. The number of pyridine rings is 1. The molecular formula is C21H24N4O6S2. The van der Waals surface area contributed by atoms with Crippen LogP contribution < -0.4 is 14.2 Å². The molecule has 0 aliphatic carbocycles. The van der Waals surface area contributed by atoms with Gasteiger partial charge >= 0.3 is 0 Å². The summed E-state index contributed by atoms with van der Waals surface area (Å²) in [5, 5.41) is 0. The summed E-state index contributed by atoms with van der Waals surface area (Å²) in [7, 11) is -3.29. The number of morpholine rings is 1. The molecule has 3 aromatic rings. The van der Waals surface area contributed by atoms with Crippen molar-refractivity contribution in [2.24, 2.45) is 0 Å². The van der Waals surface area contributed by atoms with Gasteiger partial charge in [0.25, 0.3) is 0 Å². The van der Waals surface area contributed by atoms with Crippen molar-refractivity contribution in [2.75, 3.05) is 45.8 Å². The first-order valence-electron chi connectivity index (χ1n) is 10.2. The van der Waals surface area contributed by atoms with Gasteiger partial charge in [-0.05, 0) is 24.3 Å². The Morgan fingerprint density at radius 1 is 1.09 bits per heavy atom. The third kappa shape index (κ3) is 5.13. The summed E-state index contributed by atoms with van der Waals surface area (Å²) in [6.07, 6.45) is 3.96. The first-order valence-corrected chi connectivity index (χ1v) is 12.0. The summed E-state index contributed by atoms with van der Waals surface area (Å²) < 4.78 is 48.1. The van der Waals surface area contributed by atoms with Gasteiger partial charge in [-0.1, -0.05) is 0 Å². The number of aromatic nitrogens is 3. The Kier molecular flexibility index (Phi) is 6.88. The van der Waals surface area contributed by atoms with E-state index < -0.39 is 16.1 Å². The van der Waals surface area contributed by atoms with Crippen LogP contribution in [0.1, 0.15) is 0 Å². The first kappa shape index (κ1) is 23.5. The van der Waals surface area contributed by atoms with Crippen LogP contribution in [0.5, 0.6) is 17.4 Å². The molecule has 10 nitrogen and oxygen atoms in total. The molecule has 2 aromatic heterocycles. The zero-order valence-electron chi connectivity index (χ0n) is 17.9. The summed E-state index contributed by atoms with van der Waals surface area (Å²) in [5.41, 5.74) is 2.62. The molecule has 0 N–H and O–H groups in total. The molecule has 2 aliphatic rings. The number of hydrogen-bond acceptors (Lipinski definition) is 9. The molecule has 0 unspecified atom stereocenters. The second-order valence-corrected chi connectivity index (χ2v) is 9.50. The van der Waals surface area contributed by atoms with Crippen molar-refractivity contribution >= 4 is 34.6 Å². The standard InChI is InChI=1S/C21H22N4O6S.H2S/c1-32(26,27)25-6-7-28-15(12-25)13-31-21-20-17(22-4-5-23-20)11-16(24-21)14-2-3-18-19(10-14)30-9-8-29-18;/h2-5,10-11,15H,6-9,12-13H2,1H3;1H2/t15-;/m0./s1. The van der Waals surface area contributed by atoms with Crippen molar-refractivity contribution in [3.8, 4) is 28.6 Å². The van der Waals surface area contributed by atoms with Crippen LogP contribution in [0.4, 0.5) is 0 Å². The van der Waals surface area contributed by atoms with Crippen molar-refractivity contribution in [1.82, 2.24) is 19.3 Å². The molecule has 2 aliphatic heterocycles. The third-order valence-electron chi connectivity index (χ3n) is 5.24. The lowest BCUT2D eigenvalue weighted by atomic mass is 10.1. The Hall–Kier alpha value is -2.67. The molecule has 1 saturated heterocycles. The summed E-state index contributed by atoms with van der Waals surface area (Å²) in [6, 6.07) is 7.46. The van der Waals surface area contributed by atoms with Gasteiger partial charge in [0.2, 0.25) is 15.9 Å². The van der Waals surface area contributed by atoms with Crippen molar-refractivity contribution < 1.29 is 27.4 Å². The quantitative estimate of drug-likeness (QED) is 0.524. The van der Waals surface area contributed by atoms with E-state index >= 15 is 0 Å². The first-order chi connectivity index (χ1) is 15.5. The van der Waals surface area contributed by atoms with Crippen LogP contribution in [-0.4, -0.2) is 79.6 Å². The normalized spacial score (nSPS) is 18.5. The van der Waals surface area contributed by atoms with E-state index in [9.17, 15) is 8.42 Å². The van der Waals surface area contributed by atoms with E-state index in [1.54, 1.807) is 12.4 Å². The Labute approximate surface area is 198 Å². The maximum Gasteiger partial charge on any atom is 0.242 e. The van der Waals surface area contributed by atoms with Crippen LogP contribution in [0.2, 0.25) is 0 Å². The van der Waals surface area contributed by atoms with Gasteiger partial charge in [0.1, 0.15) is 25.9 Å². The summed E-state index contributed by atoms with van der Waals surface area (Å²) in [5.74, 6) is 1.66. The van der Waals surface area contributed by atoms with E-state index in [0.29, 0.717) is 60.5 Å². The minimum atomic E-state index is -3.29. The zero-order valence-corrected chi connectivity index (χ0v) is 19.7. The van der Waals surface area contributed by atoms with Gasteiger partial charge in [-0.25, -0.2) is 18.4 Å². The molecule has 12 heteroatoms. The van der Waals surface area contributed by atoms with E-state index in [2.05, 4.69) is 15.0 Å². The lowest BCUT2D eigenvalue weighted by Gasteiger charge is -2.30. The van der Waals surface area contributed by atoms with Crippen molar-refractivity contribution in [3.63, 3.8) is 0 Å². The van der Waals surface area contributed by atoms with Crippen LogP contribution >= 0.6 is 13.5 Å². The molecule has 0 amide bonds. The molecular weight excluding hydrogens is 468 g/mol. The Morgan fingerprint density at radius 3 is 2.70 bits per heavy atom. The molecule has 4 heterocycles. The minimum Gasteiger partial charge on any atom is -0.486 e. The Bertz CT molecular complexity index is 1260. The highest BCUT2D eigenvalue weighted by Gasteiger charge is 2.27. The van der Waals surface area contributed by atoms with E-state index in [4.69, 9.17) is 18.9 Å². The highest BCUT2D eigenvalue weighted by Crippen LogP contribution is 2.35. The monoisotopic (exact) mass is 492 g/mol. The molecule has 1 atom stereocenters. The maximum atomic E-state index is 11.9. The summed E-state index contributed by atoms with van der Waals surface area (Å²) in [6.45, 7) is 2.02. The van der Waals surface area contributed by atoms with Gasteiger partial charge in [-0.2, -0.15) is 17.8 Å². The second-order valence-electron chi connectivity index (χ2n) is 7.52. The van der Waals surface area contributed by atoms with E-state index in [1.165, 1.54) is 10.6 Å². The fourth-order valence-corrected chi connectivity index (χ4v) is 4.50. The minimum absolute atomic E-state index is 0. The number of sulfonamides is 1. The number of benzene rings is 1. The molecule has 0 spiro atoms. The SMILES string of the molecule is CS(=O)(=O)N1CCO[C@H](COc2nc(-c3ccc4c(c3)OCCO4)cc3nccnc23)C1.S. The molecule has 0 radical (unpaired) electrons. The lowest BCUT2D eigenvalue weighted by Crippen LogP contribution is -2.47. The second kappa shape index (κ2) is 9.67. The fourth-order valence-electron chi connectivity index (χ4n) is 3.66. The molecule has 1 aromatic carbocycles. The number of rotatable bonds is 5. The summed E-state index contributed by atoms with van der Waals surface area (Å²) in [4.78, 5) is 13.4. The van der Waals surface area contributed by atoms with Gasteiger partial charge in [-0.3, -0.25) is 4.98 Å². The van der Waals surface area contributed by atoms with Crippen molar-refractivity contribution in [3.05, 3.63) is 36.7 Å². The van der Waals surface area contributed by atoms with E-state index in [0.717, 1.165) is 5.56 Å². The average Bonchev–Trinajstić information content (AvgIpc) is 2.81. The molecule has 176 valence electrons. The molecule has 5 rings (SSSR count). The highest BCUT2D eigenvalue weighted by molar-refractivity contribution is 7.88. The Morgan fingerprint density at radius 2 is 1.88 bits per heavy atom. The van der Waals surface area contributed by atoms with Gasteiger partial charge in [-0.15, -0.1) is 0 Å². The van der Waals surface area contributed by atoms with Crippen LogP contribution in [0.3, 0.4) is 0 Å². The van der Waals surface area contributed by atoms with Crippen LogP contribution in [0.15, 0.2) is 36.7 Å². The number of fused-ring (bicyclic) bond motifs is 2. The largest absolute Gasteiger partial charge is 0.486 e. The number of hydrogen-bond donors (Lipinski definition) is 0. The fraction of sp³-hybridized carbons (Fsp3) is 0.381. The van der Waals surface area contributed by atoms with Crippen molar-refractivity contribution in [1.29, 1.82) is 0 Å². The van der Waals surface area contributed by atoms with E-state index in [1.807, 2.05) is 24.3 Å². The van der Waals surface area contributed by atoms with Crippen LogP contribution in [0, 0.1) is 0 Å². The van der Waals surface area contributed by atoms with Gasteiger partial charge in [0.15, 0.2) is 17.0 Å². The molecule has 33 heavy (non-hydrogen) atoms. The zero-order chi connectivity index (χ0) is 22.1. The van der Waals surface area contributed by atoms with Crippen LogP contribution in [-0.2, 0) is 14.8 Å². The van der Waals surface area contributed by atoms with Gasteiger partial charge < -0.3 is 18.9 Å². The maximum absolute atomic E-state index is 11.9. The van der Waals surface area contributed by atoms with Crippen LogP contribution in [0.25, 0.3) is 22.3 Å². The number of ether oxygens (including phenoxy) is 4. The predicted octanol–water partition coefficient (Wildman–Crippen LogP) is 1.61. The topological polar surface area (TPSA) is 113 Å². The molecule has 1 fully saturated rings. The van der Waals surface area contributed by atoms with Gasteiger partial charge in [0, 0.05) is 31.0 Å². The van der Waals surface area contributed by atoms with E-state index in [-0.39, 0.29) is 26.6 Å². The van der Waals surface area contributed by atoms with Crippen molar-refractivity contribution in [2.45, 2.75) is 6.10 Å². The van der Waals surface area contributed by atoms with Gasteiger partial charge in [0.05, 0.1) is 24.1 Å². The smallest absolute Gasteiger partial charge is 0.242 e. The average molecular weight is 493 g/mol. The Balaban J connectivity index is 0.00000259.